The third kappa shape index (κ3) is 4.48. The molecule has 0 atom stereocenters. The van der Waals surface area contributed by atoms with Gasteiger partial charge in [-0.3, -0.25) is 0 Å². The Kier molecular flexibility index (Phi) is 5.66. The lowest BCUT2D eigenvalue weighted by molar-refractivity contribution is 0.469. The molecular weight excluding hydrogens is 282 g/mol. The largest absolute Gasteiger partial charge is 0.457 e. The van der Waals surface area contributed by atoms with Crippen molar-refractivity contribution in [2.24, 2.45) is 0 Å². The average Bonchev–Trinajstić information content (AvgIpc) is 2.44. The average molecular weight is 304 g/mol. The molecule has 0 aliphatic heterocycles. The minimum absolute atomic E-state index is 0.730. The van der Waals surface area contributed by atoms with Gasteiger partial charge in [-0.15, -0.1) is 0 Å². The minimum atomic E-state index is 0.730. The van der Waals surface area contributed by atoms with Crippen LogP contribution in [0.3, 0.4) is 0 Å². The van der Waals surface area contributed by atoms with E-state index in [4.69, 9.17) is 16.3 Å². The number of aryl methyl sites for hydroxylation is 2. The molecule has 0 bridgehead atoms. The van der Waals surface area contributed by atoms with Gasteiger partial charge in [-0.25, -0.2) is 0 Å². The fourth-order valence-corrected chi connectivity index (χ4v) is 2.42. The van der Waals surface area contributed by atoms with Gasteiger partial charge in [-0.2, -0.15) is 0 Å². The number of ether oxygens (including phenoxy) is 1. The summed E-state index contributed by atoms with van der Waals surface area (Å²) in [6.45, 7) is 8.09. The number of nitrogens with one attached hydrogen (secondary N) is 1. The monoisotopic (exact) mass is 303 g/mol. The van der Waals surface area contributed by atoms with Crippen LogP contribution in [0.15, 0.2) is 36.4 Å². The van der Waals surface area contributed by atoms with E-state index < -0.39 is 0 Å². The highest BCUT2D eigenvalue weighted by molar-refractivity contribution is 6.30. The molecule has 0 fully saturated rings. The van der Waals surface area contributed by atoms with Crippen molar-refractivity contribution in [3.63, 3.8) is 0 Å². The fraction of sp³-hybridized carbons (Fsp3) is 0.333. The van der Waals surface area contributed by atoms with Crippen molar-refractivity contribution < 1.29 is 4.74 Å². The third-order valence-corrected chi connectivity index (χ3v) is 3.55. The Morgan fingerprint density at radius 1 is 1.05 bits per heavy atom. The molecule has 0 radical (unpaired) electrons. The molecule has 1 N–H and O–H groups in total. The number of hydrogen-bond donors (Lipinski definition) is 1. The summed E-state index contributed by atoms with van der Waals surface area (Å²) in [4.78, 5) is 0. The van der Waals surface area contributed by atoms with Crippen LogP contribution < -0.4 is 10.1 Å². The van der Waals surface area contributed by atoms with E-state index in [0.29, 0.717) is 0 Å². The van der Waals surface area contributed by atoms with E-state index in [1.54, 1.807) is 0 Å². The Morgan fingerprint density at radius 3 is 2.52 bits per heavy atom. The summed E-state index contributed by atoms with van der Waals surface area (Å²) in [5.74, 6) is 1.75. The number of halogens is 1. The van der Waals surface area contributed by atoms with E-state index in [-0.39, 0.29) is 0 Å². The quantitative estimate of drug-likeness (QED) is 0.736. The van der Waals surface area contributed by atoms with Crippen molar-refractivity contribution in [2.45, 2.75) is 33.7 Å². The van der Waals surface area contributed by atoms with Crippen LogP contribution in [0, 0.1) is 13.8 Å². The normalized spacial score (nSPS) is 10.7. The SMILES string of the molecule is CCCNCc1cc(C)ccc1Oc1ccc(Cl)cc1C. The molecule has 0 aliphatic carbocycles. The van der Waals surface area contributed by atoms with Crippen LogP contribution in [0.2, 0.25) is 5.02 Å². The Bertz CT molecular complexity index is 610. The molecule has 0 spiro atoms. The molecule has 2 aromatic carbocycles. The van der Waals surface area contributed by atoms with Gasteiger partial charge in [-0.05, 0) is 56.6 Å². The molecule has 2 rings (SSSR count). The van der Waals surface area contributed by atoms with E-state index in [9.17, 15) is 0 Å². The fourth-order valence-electron chi connectivity index (χ4n) is 2.19. The number of benzene rings is 2. The van der Waals surface area contributed by atoms with Gasteiger partial charge in [0.15, 0.2) is 0 Å². The van der Waals surface area contributed by atoms with Crippen molar-refractivity contribution >= 4 is 11.6 Å². The molecule has 3 heteroatoms. The predicted molar refractivity (Wildman–Crippen MR) is 89.4 cm³/mol. The maximum atomic E-state index is 6.08. The smallest absolute Gasteiger partial charge is 0.131 e. The first-order valence-electron chi connectivity index (χ1n) is 7.34. The van der Waals surface area contributed by atoms with Crippen LogP contribution >= 0.6 is 11.6 Å². The molecule has 112 valence electrons. The van der Waals surface area contributed by atoms with E-state index >= 15 is 0 Å². The van der Waals surface area contributed by atoms with Crippen LogP contribution in [-0.4, -0.2) is 6.54 Å². The summed E-state index contributed by atoms with van der Waals surface area (Å²) in [5.41, 5.74) is 3.46. The molecule has 2 aromatic rings. The van der Waals surface area contributed by atoms with E-state index in [2.05, 4.69) is 31.3 Å². The first-order chi connectivity index (χ1) is 10.1. The van der Waals surface area contributed by atoms with Crippen molar-refractivity contribution in [1.82, 2.24) is 5.32 Å². The number of rotatable bonds is 6. The number of hydrogen-bond acceptors (Lipinski definition) is 2. The van der Waals surface area contributed by atoms with Gasteiger partial charge >= 0.3 is 0 Å². The molecule has 0 unspecified atom stereocenters. The molecule has 0 amide bonds. The van der Waals surface area contributed by atoms with Gasteiger partial charge in [0.1, 0.15) is 11.5 Å². The second-order valence-electron chi connectivity index (χ2n) is 5.30. The van der Waals surface area contributed by atoms with Crippen LogP contribution in [-0.2, 0) is 6.54 Å². The topological polar surface area (TPSA) is 21.3 Å². The lowest BCUT2D eigenvalue weighted by Gasteiger charge is -2.14. The van der Waals surface area contributed by atoms with Gasteiger partial charge in [0, 0.05) is 17.1 Å². The molecular formula is C18H22ClNO. The van der Waals surface area contributed by atoms with E-state index in [1.807, 2.05) is 31.2 Å². The van der Waals surface area contributed by atoms with Crippen molar-refractivity contribution in [1.29, 1.82) is 0 Å². The molecule has 21 heavy (non-hydrogen) atoms. The highest BCUT2D eigenvalue weighted by Crippen LogP contribution is 2.30. The Morgan fingerprint density at radius 2 is 1.81 bits per heavy atom. The third-order valence-electron chi connectivity index (χ3n) is 3.32. The molecule has 0 aromatic heterocycles. The lowest BCUT2D eigenvalue weighted by atomic mass is 10.1. The first kappa shape index (κ1) is 15.9. The van der Waals surface area contributed by atoms with Crippen molar-refractivity contribution in [3.05, 3.63) is 58.1 Å². The van der Waals surface area contributed by atoms with E-state index in [0.717, 1.165) is 41.6 Å². The summed E-state index contributed by atoms with van der Waals surface area (Å²) >= 11 is 5.99. The van der Waals surface area contributed by atoms with Gasteiger partial charge in [0.2, 0.25) is 0 Å². The minimum Gasteiger partial charge on any atom is -0.457 e. The summed E-state index contributed by atoms with van der Waals surface area (Å²) in [6, 6.07) is 12.0. The molecule has 0 saturated carbocycles. The van der Waals surface area contributed by atoms with Gasteiger partial charge < -0.3 is 10.1 Å². The second-order valence-corrected chi connectivity index (χ2v) is 5.74. The second kappa shape index (κ2) is 7.48. The summed E-state index contributed by atoms with van der Waals surface area (Å²) in [6.07, 6.45) is 1.12. The first-order valence-corrected chi connectivity index (χ1v) is 7.72. The van der Waals surface area contributed by atoms with E-state index in [1.165, 1.54) is 11.1 Å². The zero-order valence-corrected chi connectivity index (χ0v) is 13.6. The van der Waals surface area contributed by atoms with Crippen LogP contribution in [0.25, 0.3) is 0 Å². The van der Waals surface area contributed by atoms with Crippen molar-refractivity contribution in [3.8, 4) is 11.5 Å². The maximum absolute atomic E-state index is 6.08. The van der Waals surface area contributed by atoms with Gasteiger partial charge in [0.25, 0.3) is 0 Å². The van der Waals surface area contributed by atoms with Crippen LogP contribution in [0.1, 0.15) is 30.0 Å². The van der Waals surface area contributed by atoms with Crippen LogP contribution in [0.5, 0.6) is 11.5 Å². The summed E-state index contributed by atoms with van der Waals surface area (Å²) in [5, 5.41) is 4.16. The standard InChI is InChI=1S/C18H22ClNO/c1-4-9-20-12-15-10-13(2)5-7-18(15)21-17-8-6-16(19)11-14(17)3/h5-8,10-11,20H,4,9,12H2,1-3H3. The maximum Gasteiger partial charge on any atom is 0.131 e. The molecule has 0 heterocycles. The molecule has 0 aliphatic rings. The Labute approximate surface area is 132 Å². The van der Waals surface area contributed by atoms with Crippen molar-refractivity contribution in [2.75, 3.05) is 6.54 Å². The summed E-state index contributed by atoms with van der Waals surface area (Å²) < 4.78 is 6.08. The Balaban J connectivity index is 2.22. The van der Waals surface area contributed by atoms with Crippen LogP contribution in [0.4, 0.5) is 0 Å². The molecule has 0 saturated heterocycles. The zero-order chi connectivity index (χ0) is 15.2. The highest BCUT2D eigenvalue weighted by atomic mass is 35.5. The predicted octanol–water partition coefficient (Wildman–Crippen LogP) is 5.25. The highest BCUT2D eigenvalue weighted by Gasteiger charge is 2.07. The Hall–Kier alpha value is -1.51. The summed E-state index contributed by atoms with van der Waals surface area (Å²) in [7, 11) is 0. The molecule has 2 nitrogen and oxygen atoms in total. The van der Waals surface area contributed by atoms with Gasteiger partial charge in [-0.1, -0.05) is 36.2 Å². The lowest BCUT2D eigenvalue weighted by Crippen LogP contribution is -2.14. The zero-order valence-electron chi connectivity index (χ0n) is 12.9. The van der Waals surface area contributed by atoms with Gasteiger partial charge in [0.05, 0.1) is 0 Å².